The van der Waals surface area contributed by atoms with Gasteiger partial charge in [0.2, 0.25) is 0 Å². The molecule has 0 spiro atoms. The molecule has 104 valence electrons. The fourth-order valence-electron chi connectivity index (χ4n) is 1.29. The summed E-state index contributed by atoms with van der Waals surface area (Å²) in [7, 11) is 0. The van der Waals surface area contributed by atoms with Crippen molar-refractivity contribution < 1.29 is 0 Å². The van der Waals surface area contributed by atoms with Crippen LogP contribution in [0.3, 0.4) is 0 Å². The molecule has 0 radical (unpaired) electrons. The minimum absolute atomic E-state index is 0.750. The Balaban J connectivity index is 3.44. The van der Waals surface area contributed by atoms with Crippen LogP contribution in [0, 0.1) is 0 Å². The molecule has 0 aromatic heterocycles. The zero-order chi connectivity index (χ0) is 13.1. The lowest BCUT2D eigenvalue weighted by atomic mass is 10.5. The number of rotatable bonds is 11. The van der Waals surface area contributed by atoms with E-state index >= 15 is 0 Å². The molecule has 0 aliphatic carbocycles. The van der Waals surface area contributed by atoms with Crippen molar-refractivity contribution in [2.24, 2.45) is 17.5 Å². The maximum Gasteiger partial charge on any atom is 0.0271 e. The van der Waals surface area contributed by atoms with E-state index in [-0.39, 0.29) is 0 Å². The molecule has 0 heterocycles. The van der Waals surface area contributed by atoms with Gasteiger partial charge in [0, 0.05) is 45.8 Å². The van der Waals surface area contributed by atoms with Crippen molar-refractivity contribution in [1.29, 1.82) is 0 Å². The molecule has 7 heteroatoms. The number of hydrogen-bond donors (Lipinski definition) is 4. The van der Waals surface area contributed by atoms with Crippen LogP contribution in [-0.4, -0.2) is 67.4 Å². The van der Waals surface area contributed by atoms with E-state index in [1.54, 1.807) is 15.0 Å². The third-order valence-electron chi connectivity index (χ3n) is 2.58. The first-order valence-electron chi connectivity index (χ1n) is 6.29. The van der Waals surface area contributed by atoms with Crippen molar-refractivity contribution in [2.75, 3.05) is 52.4 Å². The van der Waals surface area contributed by atoms with Crippen molar-refractivity contribution >= 4 is 0 Å². The summed E-state index contributed by atoms with van der Waals surface area (Å²) < 4.78 is 0. The van der Waals surface area contributed by atoms with E-state index in [2.05, 4.69) is 12.2 Å². The largest absolute Gasteiger partial charge is 0.316 e. The van der Waals surface area contributed by atoms with Gasteiger partial charge in [-0.3, -0.25) is 17.5 Å². The Morgan fingerprint density at radius 2 is 1.24 bits per heavy atom. The Bertz CT molecular complexity index is 167. The molecule has 0 aliphatic rings. The van der Waals surface area contributed by atoms with E-state index in [0.717, 1.165) is 52.4 Å². The van der Waals surface area contributed by atoms with E-state index in [0.29, 0.717) is 0 Å². The Morgan fingerprint density at radius 1 is 0.765 bits per heavy atom. The van der Waals surface area contributed by atoms with Crippen LogP contribution in [0.4, 0.5) is 0 Å². The minimum atomic E-state index is 0.750. The Kier molecular flexibility index (Phi) is 10.7. The Hall–Kier alpha value is -0.280. The second-order valence-electron chi connectivity index (χ2n) is 4.05. The first-order valence-corrected chi connectivity index (χ1v) is 6.29. The average Bonchev–Trinajstić information content (AvgIpc) is 2.33. The van der Waals surface area contributed by atoms with Crippen LogP contribution in [0.2, 0.25) is 0 Å². The van der Waals surface area contributed by atoms with Gasteiger partial charge in [-0.05, 0) is 6.54 Å². The molecular weight excluding hydrogens is 218 g/mol. The lowest BCUT2D eigenvalue weighted by molar-refractivity contribution is 0.182. The van der Waals surface area contributed by atoms with Gasteiger partial charge in [0.15, 0.2) is 0 Å². The summed E-state index contributed by atoms with van der Waals surface area (Å²) in [5.74, 6) is 17.3. The highest BCUT2D eigenvalue weighted by Gasteiger charge is 2.04. The van der Waals surface area contributed by atoms with Gasteiger partial charge in [0.25, 0.3) is 0 Å². The number of nitrogens with one attached hydrogen (secondary N) is 1. The molecule has 0 rings (SSSR count). The first-order chi connectivity index (χ1) is 8.10. The average molecular weight is 247 g/mol. The minimum Gasteiger partial charge on any atom is -0.316 e. The van der Waals surface area contributed by atoms with Gasteiger partial charge in [-0.15, -0.1) is 0 Å². The van der Waals surface area contributed by atoms with Gasteiger partial charge >= 0.3 is 0 Å². The molecule has 0 saturated carbocycles. The molecule has 7 N–H and O–H groups in total. The van der Waals surface area contributed by atoms with Crippen molar-refractivity contribution in [2.45, 2.75) is 13.8 Å². The molecule has 0 aliphatic heterocycles. The summed E-state index contributed by atoms with van der Waals surface area (Å²) in [5.41, 5.74) is 0. The predicted molar refractivity (Wildman–Crippen MR) is 71.5 cm³/mol. The zero-order valence-electron chi connectivity index (χ0n) is 11.2. The molecule has 0 saturated heterocycles. The smallest absolute Gasteiger partial charge is 0.0271 e. The molecular formula is C10H29N7. The molecule has 0 aromatic rings. The van der Waals surface area contributed by atoms with Crippen molar-refractivity contribution in [3.63, 3.8) is 0 Å². The van der Waals surface area contributed by atoms with Crippen LogP contribution in [0.1, 0.15) is 13.8 Å². The molecule has 0 amide bonds. The molecule has 0 fully saturated rings. The summed E-state index contributed by atoms with van der Waals surface area (Å²) >= 11 is 0. The summed E-state index contributed by atoms with van der Waals surface area (Å²) in [5, 5.41) is 8.50. The van der Waals surface area contributed by atoms with Gasteiger partial charge < -0.3 is 5.32 Å². The van der Waals surface area contributed by atoms with Crippen LogP contribution >= 0.6 is 0 Å². The molecule has 0 aromatic carbocycles. The second kappa shape index (κ2) is 10.8. The van der Waals surface area contributed by atoms with Crippen LogP contribution < -0.4 is 22.8 Å². The number of likely N-dealkylation sites (N-methyl/N-ethyl adjacent to an activating group) is 2. The van der Waals surface area contributed by atoms with E-state index in [4.69, 9.17) is 17.5 Å². The summed E-state index contributed by atoms with van der Waals surface area (Å²) in [6.45, 7) is 10.7. The van der Waals surface area contributed by atoms with Gasteiger partial charge in [-0.25, -0.2) is 15.0 Å². The fraction of sp³-hybridized carbons (Fsp3) is 1.00. The lowest BCUT2D eigenvalue weighted by Crippen LogP contribution is -2.47. The highest BCUT2D eigenvalue weighted by atomic mass is 15.5. The summed E-state index contributed by atoms with van der Waals surface area (Å²) in [6.07, 6.45) is 0. The van der Waals surface area contributed by atoms with Crippen molar-refractivity contribution in [1.82, 2.24) is 20.3 Å². The van der Waals surface area contributed by atoms with E-state index < -0.39 is 0 Å². The van der Waals surface area contributed by atoms with Crippen molar-refractivity contribution in [3.05, 3.63) is 0 Å². The van der Waals surface area contributed by atoms with Crippen LogP contribution in [-0.2, 0) is 0 Å². The van der Waals surface area contributed by atoms with Gasteiger partial charge in [-0.1, -0.05) is 13.8 Å². The Labute approximate surface area is 105 Å². The number of nitrogens with zero attached hydrogens (tertiary/aromatic N) is 3. The normalized spacial score (nSPS) is 12.0. The first kappa shape index (κ1) is 16.7. The molecule has 0 atom stereocenters. The lowest BCUT2D eigenvalue weighted by Gasteiger charge is -2.23. The SMILES string of the molecule is CCNCCN(N)CCN(N)CCN(N)CC. The maximum absolute atomic E-state index is 5.83. The highest BCUT2D eigenvalue weighted by Crippen LogP contribution is 1.83. The molecule has 7 nitrogen and oxygen atoms in total. The maximum atomic E-state index is 5.83. The standard InChI is InChI=1S/C10H29N7/c1-3-14-5-6-16(12)9-10-17(13)8-7-15(11)4-2/h14H,3-13H2,1-2H3. The van der Waals surface area contributed by atoms with Gasteiger partial charge in [-0.2, -0.15) is 0 Å². The van der Waals surface area contributed by atoms with Crippen LogP contribution in [0.15, 0.2) is 0 Å². The monoisotopic (exact) mass is 247 g/mol. The van der Waals surface area contributed by atoms with Crippen LogP contribution in [0.5, 0.6) is 0 Å². The molecule has 0 unspecified atom stereocenters. The van der Waals surface area contributed by atoms with E-state index in [1.807, 2.05) is 6.92 Å². The fourth-order valence-corrected chi connectivity index (χ4v) is 1.29. The summed E-state index contributed by atoms with van der Waals surface area (Å²) in [4.78, 5) is 0. The van der Waals surface area contributed by atoms with Crippen molar-refractivity contribution in [3.8, 4) is 0 Å². The zero-order valence-corrected chi connectivity index (χ0v) is 11.2. The van der Waals surface area contributed by atoms with E-state index in [1.165, 1.54) is 0 Å². The number of nitrogens with two attached hydrogens (primary N) is 3. The predicted octanol–water partition coefficient (Wildman–Crippen LogP) is -1.86. The quantitative estimate of drug-likeness (QED) is 0.193. The number of hydrogen-bond acceptors (Lipinski definition) is 7. The van der Waals surface area contributed by atoms with Crippen LogP contribution in [0.25, 0.3) is 0 Å². The molecule has 0 bridgehead atoms. The third kappa shape index (κ3) is 10.6. The topological polar surface area (TPSA) is 99.8 Å². The summed E-state index contributed by atoms with van der Waals surface area (Å²) in [6, 6.07) is 0. The Morgan fingerprint density at radius 3 is 1.71 bits per heavy atom. The van der Waals surface area contributed by atoms with Gasteiger partial charge in [0.05, 0.1) is 0 Å². The highest BCUT2D eigenvalue weighted by molar-refractivity contribution is 4.57. The van der Waals surface area contributed by atoms with E-state index in [9.17, 15) is 0 Å². The van der Waals surface area contributed by atoms with Gasteiger partial charge in [0.1, 0.15) is 0 Å². The second-order valence-corrected chi connectivity index (χ2v) is 4.05. The number of hydrazine groups is 3. The molecule has 17 heavy (non-hydrogen) atoms. The third-order valence-corrected chi connectivity index (χ3v) is 2.58.